The van der Waals surface area contributed by atoms with Crippen LogP contribution in [0.2, 0.25) is 0 Å². The number of benzene rings is 1. The van der Waals surface area contributed by atoms with E-state index in [4.69, 9.17) is 4.42 Å². The predicted molar refractivity (Wildman–Crippen MR) is 98.6 cm³/mol. The van der Waals surface area contributed by atoms with Crippen molar-refractivity contribution in [2.75, 3.05) is 11.9 Å². The lowest BCUT2D eigenvalue weighted by Crippen LogP contribution is -2.44. The number of carboxylic acids is 1. The van der Waals surface area contributed by atoms with Gasteiger partial charge in [0.15, 0.2) is 5.76 Å². The minimum atomic E-state index is -0.890. The smallest absolute Gasteiger partial charge is 0.311 e. The van der Waals surface area contributed by atoms with Crippen molar-refractivity contribution in [2.24, 2.45) is 5.41 Å². The van der Waals surface area contributed by atoms with E-state index < -0.39 is 17.3 Å². The minimum absolute atomic E-state index is 0.101. The first-order valence-electron chi connectivity index (χ1n) is 8.97. The molecule has 1 aromatic heterocycles. The van der Waals surface area contributed by atoms with Crippen LogP contribution in [0, 0.1) is 5.41 Å². The van der Waals surface area contributed by atoms with Gasteiger partial charge in [0.05, 0.1) is 11.7 Å². The van der Waals surface area contributed by atoms with Crippen molar-refractivity contribution < 1.29 is 23.9 Å². The zero-order valence-corrected chi connectivity index (χ0v) is 14.9. The molecule has 1 saturated carbocycles. The van der Waals surface area contributed by atoms with Crippen LogP contribution < -0.4 is 10.6 Å². The third-order valence-electron chi connectivity index (χ3n) is 4.98. The summed E-state index contributed by atoms with van der Waals surface area (Å²) in [6, 6.07) is 9.64. The molecular formula is C20H22N2O5. The molecule has 2 aromatic rings. The van der Waals surface area contributed by atoms with Crippen molar-refractivity contribution in [3.8, 4) is 0 Å². The first-order valence-corrected chi connectivity index (χ1v) is 8.97. The number of carboxylic acid groups (broad SMARTS) is 1. The Bertz CT molecular complexity index is 823. The number of aliphatic carboxylic acids is 1. The van der Waals surface area contributed by atoms with Crippen LogP contribution in [0.25, 0.3) is 0 Å². The Balaban J connectivity index is 1.64. The van der Waals surface area contributed by atoms with Gasteiger partial charge in [-0.25, -0.2) is 0 Å². The molecule has 1 heterocycles. The van der Waals surface area contributed by atoms with Crippen LogP contribution in [0.4, 0.5) is 5.69 Å². The number of hydrogen-bond donors (Lipinski definition) is 3. The van der Waals surface area contributed by atoms with Gasteiger partial charge in [-0.15, -0.1) is 0 Å². The summed E-state index contributed by atoms with van der Waals surface area (Å²) in [6.07, 6.45) is 5.29. The lowest BCUT2D eigenvalue weighted by molar-refractivity contribution is -0.150. The summed E-state index contributed by atoms with van der Waals surface area (Å²) in [5.41, 5.74) is -0.0859. The number of carbonyl (C=O) groups is 3. The first-order chi connectivity index (χ1) is 13.0. The van der Waals surface area contributed by atoms with Gasteiger partial charge < -0.3 is 20.2 Å². The number of nitrogens with one attached hydrogen (secondary N) is 2. The highest BCUT2D eigenvalue weighted by Gasteiger charge is 2.39. The second-order valence-electron chi connectivity index (χ2n) is 6.84. The lowest BCUT2D eigenvalue weighted by Gasteiger charge is -2.33. The Morgan fingerprint density at radius 2 is 1.81 bits per heavy atom. The van der Waals surface area contributed by atoms with E-state index in [9.17, 15) is 19.5 Å². The van der Waals surface area contributed by atoms with E-state index in [2.05, 4.69) is 10.6 Å². The van der Waals surface area contributed by atoms with Crippen LogP contribution >= 0.6 is 0 Å². The summed E-state index contributed by atoms with van der Waals surface area (Å²) in [6.45, 7) is 0.101. The molecule has 3 N–H and O–H groups in total. The summed E-state index contributed by atoms with van der Waals surface area (Å²) >= 11 is 0. The Morgan fingerprint density at radius 3 is 2.48 bits per heavy atom. The van der Waals surface area contributed by atoms with E-state index in [1.165, 1.54) is 6.26 Å². The molecule has 0 aliphatic heterocycles. The van der Waals surface area contributed by atoms with Crippen LogP contribution in [-0.4, -0.2) is 29.4 Å². The SMILES string of the molecule is O=C(NCC1(C(=O)O)CCCCC1)c1cccc(NC(=O)c2ccco2)c1. The number of carbonyl (C=O) groups excluding carboxylic acids is 2. The average molecular weight is 370 g/mol. The molecule has 7 nitrogen and oxygen atoms in total. The van der Waals surface area contributed by atoms with E-state index in [-0.39, 0.29) is 18.2 Å². The number of furan rings is 1. The molecule has 1 aliphatic carbocycles. The highest BCUT2D eigenvalue weighted by molar-refractivity contribution is 6.03. The Morgan fingerprint density at radius 1 is 1.04 bits per heavy atom. The van der Waals surface area contributed by atoms with Gasteiger partial charge in [-0.05, 0) is 43.2 Å². The fourth-order valence-corrected chi connectivity index (χ4v) is 3.38. The van der Waals surface area contributed by atoms with Gasteiger partial charge in [0.1, 0.15) is 0 Å². The largest absolute Gasteiger partial charge is 0.481 e. The fourth-order valence-electron chi connectivity index (χ4n) is 3.38. The highest BCUT2D eigenvalue weighted by atomic mass is 16.4. The Labute approximate surface area is 156 Å². The number of amides is 2. The van der Waals surface area contributed by atoms with Gasteiger partial charge in [0.25, 0.3) is 11.8 Å². The molecule has 0 atom stereocenters. The van der Waals surface area contributed by atoms with Crippen molar-refractivity contribution >= 4 is 23.5 Å². The molecule has 7 heteroatoms. The first kappa shape index (κ1) is 18.7. The molecule has 0 bridgehead atoms. The maximum Gasteiger partial charge on any atom is 0.311 e. The van der Waals surface area contributed by atoms with Crippen LogP contribution in [0.3, 0.4) is 0 Å². The van der Waals surface area contributed by atoms with Crippen molar-refractivity contribution in [1.29, 1.82) is 0 Å². The summed E-state index contributed by atoms with van der Waals surface area (Å²) in [5.74, 6) is -1.47. The third kappa shape index (κ3) is 4.36. The summed E-state index contributed by atoms with van der Waals surface area (Å²) in [4.78, 5) is 36.2. The molecule has 27 heavy (non-hydrogen) atoms. The van der Waals surface area contributed by atoms with Crippen LogP contribution in [0.5, 0.6) is 0 Å². The number of rotatable bonds is 6. The third-order valence-corrected chi connectivity index (χ3v) is 4.98. The average Bonchev–Trinajstić information content (AvgIpc) is 3.22. The minimum Gasteiger partial charge on any atom is -0.481 e. The molecule has 0 saturated heterocycles. The predicted octanol–water partition coefficient (Wildman–Crippen LogP) is 3.30. The highest BCUT2D eigenvalue weighted by Crippen LogP contribution is 2.36. The monoisotopic (exact) mass is 370 g/mol. The van der Waals surface area contributed by atoms with Gasteiger partial charge in [0.2, 0.25) is 0 Å². The molecular weight excluding hydrogens is 348 g/mol. The summed E-state index contributed by atoms with van der Waals surface area (Å²) in [7, 11) is 0. The van der Waals surface area contributed by atoms with Gasteiger partial charge >= 0.3 is 5.97 Å². The van der Waals surface area contributed by atoms with E-state index in [0.717, 1.165) is 19.3 Å². The van der Waals surface area contributed by atoms with Crippen molar-refractivity contribution in [1.82, 2.24) is 5.32 Å². The Hall–Kier alpha value is -3.09. The molecule has 0 spiro atoms. The van der Waals surface area contributed by atoms with Crippen LogP contribution in [0.1, 0.15) is 53.0 Å². The molecule has 1 aliphatic rings. The summed E-state index contributed by atoms with van der Waals surface area (Å²) in [5, 5.41) is 15.0. The molecule has 3 rings (SSSR count). The molecule has 142 valence electrons. The molecule has 1 aromatic carbocycles. The molecule has 0 radical (unpaired) electrons. The van der Waals surface area contributed by atoms with E-state index in [0.29, 0.717) is 24.1 Å². The van der Waals surface area contributed by atoms with E-state index >= 15 is 0 Å². The number of hydrogen-bond acceptors (Lipinski definition) is 4. The van der Waals surface area contributed by atoms with Gasteiger partial charge in [-0.1, -0.05) is 25.3 Å². The topological polar surface area (TPSA) is 109 Å². The zero-order valence-electron chi connectivity index (χ0n) is 14.9. The standard InChI is InChI=1S/C20H22N2O5/c23-17(21-13-20(19(25)26)9-2-1-3-10-20)14-6-4-7-15(12-14)22-18(24)16-8-5-11-27-16/h4-8,11-12H,1-3,9-10,13H2,(H,21,23)(H,22,24)(H,25,26). The maximum atomic E-state index is 12.5. The maximum absolute atomic E-state index is 12.5. The van der Waals surface area contributed by atoms with E-state index in [1.807, 2.05) is 0 Å². The van der Waals surface area contributed by atoms with Gasteiger partial charge in [-0.3, -0.25) is 14.4 Å². The van der Waals surface area contributed by atoms with Crippen molar-refractivity contribution in [2.45, 2.75) is 32.1 Å². The summed E-state index contributed by atoms with van der Waals surface area (Å²) < 4.78 is 5.04. The van der Waals surface area contributed by atoms with Crippen LogP contribution in [0.15, 0.2) is 47.1 Å². The number of anilines is 1. The van der Waals surface area contributed by atoms with Crippen molar-refractivity contribution in [3.05, 3.63) is 54.0 Å². The second-order valence-corrected chi connectivity index (χ2v) is 6.84. The van der Waals surface area contributed by atoms with Crippen molar-refractivity contribution in [3.63, 3.8) is 0 Å². The molecule has 2 amide bonds. The van der Waals surface area contributed by atoms with Gasteiger partial charge in [0, 0.05) is 17.8 Å². The zero-order chi connectivity index (χ0) is 19.3. The van der Waals surface area contributed by atoms with Gasteiger partial charge in [-0.2, -0.15) is 0 Å². The van der Waals surface area contributed by atoms with E-state index in [1.54, 1.807) is 36.4 Å². The molecule has 1 fully saturated rings. The van der Waals surface area contributed by atoms with Crippen LogP contribution in [-0.2, 0) is 4.79 Å². The lowest BCUT2D eigenvalue weighted by atomic mass is 9.74. The fraction of sp³-hybridized carbons (Fsp3) is 0.350. The Kier molecular flexibility index (Phi) is 5.59. The molecule has 0 unspecified atom stereocenters. The second kappa shape index (κ2) is 8.07. The quantitative estimate of drug-likeness (QED) is 0.723. The normalized spacial score (nSPS) is 15.7.